The summed E-state index contributed by atoms with van der Waals surface area (Å²) in [5.74, 6) is 0.682. The second kappa shape index (κ2) is 7.97. The molecule has 3 atom stereocenters. The Morgan fingerprint density at radius 1 is 1.00 bits per heavy atom. The minimum absolute atomic E-state index is 0.191. The zero-order valence-electron chi connectivity index (χ0n) is 16.5. The number of aliphatic hydroxyl groups is 1. The highest BCUT2D eigenvalue weighted by Crippen LogP contribution is 2.44. The maximum Gasteiger partial charge on any atom is 0.225 e. The van der Waals surface area contributed by atoms with Gasteiger partial charge in [0.2, 0.25) is 5.95 Å². The molecule has 1 N–H and O–H groups in total. The minimum Gasteiger partial charge on any atom is -0.388 e. The number of benzene rings is 2. The molecule has 4 nitrogen and oxygen atoms in total. The molecule has 2 aromatic carbocycles. The van der Waals surface area contributed by atoms with E-state index in [1.807, 2.05) is 30.3 Å². The highest BCUT2D eigenvalue weighted by atomic mass is 35.5. The molecule has 2 fully saturated rings. The van der Waals surface area contributed by atoms with Crippen LogP contribution in [-0.4, -0.2) is 27.2 Å². The van der Waals surface area contributed by atoms with E-state index in [0.717, 1.165) is 42.8 Å². The van der Waals surface area contributed by atoms with Crippen molar-refractivity contribution in [1.29, 1.82) is 0 Å². The fourth-order valence-electron chi connectivity index (χ4n) is 5.08. The van der Waals surface area contributed by atoms with Gasteiger partial charge in [-0.3, -0.25) is 0 Å². The van der Waals surface area contributed by atoms with Crippen molar-refractivity contribution in [2.45, 2.75) is 43.9 Å². The average Bonchev–Trinajstić information content (AvgIpc) is 3.05. The second-order valence-electron chi connectivity index (χ2n) is 8.26. The zero-order chi connectivity index (χ0) is 20.7. The molecule has 2 unspecified atom stereocenters. The van der Waals surface area contributed by atoms with Crippen molar-refractivity contribution >= 4 is 17.5 Å². The normalized spacial score (nSPS) is 24.1. The molecule has 0 radical (unpaired) electrons. The number of nitrogens with zero attached hydrogens (tertiary/aromatic N) is 3. The molecule has 0 amide bonds. The minimum atomic E-state index is -0.537. The lowest BCUT2D eigenvalue weighted by Gasteiger charge is -2.40. The first-order valence-corrected chi connectivity index (χ1v) is 10.8. The van der Waals surface area contributed by atoms with Gasteiger partial charge in [0.15, 0.2) is 0 Å². The largest absolute Gasteiger partial charge is 0.388 e. The second-order valence-corrected chi connectivity index (χ2v) is 8.70. The first-order chi connectivity index (χ1) is 14.6. The van der Waals surface area contributed by atoms with Crippen LogP contribution in [0.4, 0.5) is 10.3 Å². The van der Waals surface area contributed by atoms with E-state index >= 15 is 0 Å². The average molecular weight is 424 g/mol. The Kier molecular flexibility index (Phi) is 5.17. The molecule has 3 aromatic rings. The summed E-state index contributed by atoms with van der Waals surface area (Å²) in [6, 6.07) is 14.6. The highest BCUT2D eigenvalue weighted by Gasteiger charge is 2.44. The van der Waals surface area contributed by atoms with Crippen LogP contribution < -0.4 is 4.90 Å². The molecule has 30 heavy (non-hydrogen) atoms. The predicted molar refractivity (Wildman–Crippen MR) is 116 cm³/mol. The summed E-state index contributed by atoms with van der Waals surface area (Å²) in [7, 11) is 0. The van der Waals surface area contributed by atoms with E-state index in [2.05, 4.69) is 14.9 Å². The molecule has 1 aromatic heterocycles. The lowest BCUT2D eigenvalue weighted by Crippen LogP contribution is -2.45. The smallest absolute Gasteiger partial charge is 0.225 e. The van der Waals surface area contributed by atoms with E-state index in [-0.39, 0.29) is 11.7 Å². The summed E-state index contributed by atoms with van der Waals surface area (Å²) in [6.45, 7) is 0. The van der Waals surface area contributed by atoms with E-state index < -0.39 is 6.10 Å². The molecule has 6 heteroatoms. The molecular weight excluding hydrogens is 401 g/mol. The number of piperidine rings is 1. The van der Waals surface area contributed by atoms with Crippen LogP contribution in [0.1, 0.15) is 37.4 Å². The van der Waals surface area contributed by atoms with Gasteiger partial charge in [-0.25, -0.2) is 14.4 Å². The Bertz CT molecular complexity index is 1020. The van der Waals surface area contributed by atoms with Crippen molar-refractivity contribution in [3.8, 4) is 11.1 Å². The molecular formula is C24H23ClFN3O. The van der Waals surface area contributed by atoms with E-state index in [4.69, 9.17) is 11.6 Å². The van der Waals surface area contributed by atoms with E-state index in [1.54, 1.807) is 24.5 Å². The summed E-state index contributed by atoms with van der Waals surface area (Å²) >= 11 is 6.02. The zero-order valence-corrected chi connectivity index (χ0v) is 17.2. The van der Waals surface area contributed by atoms with Crippen LogP contribution in [0.25, 0.3) is 11.1 Å². The molecule has 3 heterocycles. The van der Waals surface area contributed by atoms with Gasteiger partial charge in [-0.2, -0.15) is 0 Å². The summed E-state index contributed by atoms with van der Waals surface area (Å²) in [4.78, 5) is 11.2. The van der Waals surface area contributed by atoms with Crippen molar-refractivity contribution in [2.24, 2.45) is 5.92 Å². The molecule has 0 saturated carbocycles. The van der Waals surface area contributed by atoms with Gasteiger partial charge >= 0.3 is 0 Å². The van der Waals surface area contributed by atoms with Gasteiger partial charge in [-0.15, -0.1) is 0 Å². The molecule has 0 spiro atoms. The summed E-state index contributed by atoms with van der Waals surface area (Å²) in [6.07, 6.45) is 7.09. The first-order valence-electron chi connectivity index (χ1n) is 10.4. The highest BCUT2D eigenvalue weighted by molar-refractivity contribution is 6.30. The van der Waals surface area contributed by atoms with Crippen LogP contribution in [0.15, 0.2) is 60.9 Å². The van der Waals surface area contributed by atoms with Crippen LogP contribution in [0.5, 0.6) is 0 Å². The number of hydrogen-bond acceptors (Lipinski definition) is 4. The summed E-state index contributed by atoms with van der Waals surface area (Å²) in [5.41, 5.74) is 2.09. The predicted octanol–water partition coefficient (Wildman–Crippen LogP) is 5.42. The maximum atomic E-state index is 14.2. The van der Waals surface area contributed by atoms with E-state index in [0.29, 0.717) is 22.7 Å². The summed E-state index contributed by atoms with van der Waals surface area (Å²) in [5, 5.41) is 11.6. The van der Waals surface area contributed by atoms with Crippen LogP contribution in [-0.2, 0) is 0 Å². The molecule has 2 saturated heterocycles. The lowest BCUT2D eigenvalue weighted by molar-refractivity contribution is 0.0824. The van der Waals surface area contributed by atoms with Crippen molar-refractivity contribution in [3.05, 3.63) is 77.3 Å². The quantitative estimate of drug-likeness (QED) is 0.609. The van der Waals surface area contributed by atoms with Crippen LogP contribution >= 0.6 is 11.6 Å². The van der Waals surface area contributed by atoms with Gasteiger partial charge in [0.25, 0.3) is 0 Å². The Morgan fingerprint density at radius 3 is 2.33 bits per heavy atom. The van der Waals surface area contributed by atoms with E-state index in [1.165, 1.54) is 6.07 Å². The standard InChI is InChI=1S/C24H23ClFN3O/c25-18-6-9-22(26)21(14-18)15-2-4-16(5-3-15)23(30)17-12-19-7-8-20(13-17)29(19)24-27-10-1-11-28-24/h1-6,9-11,14,17,19-20,23,30H,7-8,12-13H2/t17?,19?,20?,23-/m0/s1. The fourth-order valence-corrected chi connectivity index (χ4v) is 5.25. The SMILES string of the molecule is O[C@@H](c1ccc(-c2cc(Cl)ccc2F)cc1)C1CC2CCC(C1)N2c1ncccn1. The third-order valence-electron chi connectivity index (χ3n) is 6.49. The number of halogens is 2. The van der Waals surface area contributed by atoms with Crippen molar-refractivity contribution < 1.29 is 9.50 Å². The number of anilines is 1. The maximum absolute atomic E-state index is 14.2. The molecule has 0 aliphatic carbocycles. The number of hydrogen-bond donors (Lipinski definition) is 1. The van der Waals surface area contributed by atoms with Crippen LogP contribution in [0.3, 0.4) is 0 Å². The van der Waals surface area contributed by atoms with Crippen LogP contribution in [0.2, 0.25) is 5.02 Å². The Labute approximate surface area is 180 Å². The number of aliphatic hydroxyl groups excluding tert-OH is 1. The van der Waals surface area contributed by atoms with E-state index in [9.17, 15) is 9.50 Å². The molecule has 5 rings (SSSR count). The molecule has 2 bridgehead atoms. The number of rotatable bonds is 4. The number of aromatic nitrogens is 2. The first kappa shape index (κ1) is 19.5. The third-order valence-corrected chi connectivity index (χ3v) is 6.73. The van der Waals surface area contributed by atoms with Gasteiger partial charge in [-0.1, -0.05) is 35.9 Å². The number of fused-ring (bicyclic) bond motifs is 2. The molecule has 154 valence electrons. The summed E-state index contributed by atoms with van der Waals surface area (Å²) < 4.78 is 14.2. The third kappa shape index (κ3) is 3.57. The van der Waals surface area contributed by atoms with Gasteiger partial charge in [0, 0.05) is 35.1 Å². The van der Waals surface area contributed by atoms with Crippen LogP contribution in [0, 0.1) is 11.7 Å². The van der Waals surface area contributed by atoms with Crippen molar-refractivity contribution in [3.63, 3.8) is 0 Å². The Morgan fingerprint density at radius 2 is 1.67 bits per heavy atom. The van der Waals surface area contributed by atoms with Crippen molar-refractivity contribution in [1.82, 2.24) is 9.97 Å². The molecule has 2 aliphatic heterocycles. The topological polar surface area (TPSA) is 49.2 Å². The molecule has 2 aliphatic rings. The van der Waals surface area contributed by atoms with Gasteiger partial charge in [0.1, 0.15) is 5.82 Å². The van der Waals surface area contributed by atoms with Gasteiger partial charge in [-0.05, 0) is 67.0 Å². The Hall–Kier alpha value is -2.50. The lowest BCUT2D eigenvalue weighted by atomic mass is 9.83. The fraction of sp³-hybridized carbons (Fsp3) is 0.333. The Balaban J connectivity index is 1.32. The van der Waals surface area contributed by atoms with Gasteiger partial charge in [0.05, 0.1) is 6.10 Å². The van der Waals surface area contributed by atoms with Crippen molar-refractivity contribution in [2.75, 3.05) is 4.90 Å². The van der Waals surface area contributed by atoms with Gasteiger partial charge < -0.3 is 10.0 Å². The monoisotopic (exact) mass is 423 g/mol.